The minimum Gasteiger partial charge on any atom is -0.459 e. The number of aliphatic hydroxyl groups excluding tert-OH is 2. The Morgan fingerprint density at radius 2 is 1.71 bits per heavy atom. The second-order valence-electron chi connectivity index (χ2n) is 19.5. The van der Waals surface area contributed by atoms with Gasteiger partial charge in [-0.15, -0.1) is 5.10 Å². The molecule has 2 aromatic rings. The van der Waals surface area contributed by atoms with Crippen LogP contribution in [0.4, 0.5) is 5.69 Å². The fourth-order valence-corrected chi connectivity index (χ4v) is 9.92. The number of non-ortho nitro benzene ring substituents is 1. The summed E-state index contributed by atoms with van der Waals surface area (Å²) in [6.07, 6.45) is 0.215. The number of aryl methyl sites for hydroxylation is 2. The molecule has 3 fully saturated rings. The standard InChI is InChI=1S/C47H75N7O12/c1-11-38-47(8,59)42(57)29(4)39(50-66-36-18-14-33(48)15-19-36)27(2)25-46(7,62-10)43(30(5)40(55)31(6)44(58)64-38)65-45-41(56)37(24-28(3)63-45)52(9)22-21-34-26-53(51-49-34)23-20-32-12-16-35(17-13-32)54(60)61/h12-13,16-17,26-31,33,36-38,41-43,45,56-57,59H,11,14-15,18-25,48H2,1-10H3/b50-39+/t27-,28-,29+,30+,31-,33-,36+,37+,38-,41-,42-,43-,45+,46-,47-/m1/s1. The molecule has 0 spiro atoms. The number of esters is 1. The average molecular weight is 930 g/mol. The summed E-state index contributed by atoms with van der Waals surface area (Å²) >= 11 is 0. The van der Waals surface area contributed by atoms with Gasteiger partial charge in [-0.25, -0.2) is 0 Å². The maximum Gasteiger partial charge on any atom is 0.316 e. The molecular weight excluding hydrogens is 855 g/mol. The smallest absolute Gasteiger partial charge is 0.316 e. The van der Waals surface area contributed by atoms with Gasteiger partial charge in [0.2, 0.25) is 0 Å². The van der Waals surface area contributed by atoms with Gasteiger partial charge in [0.15, 0.2) is 12.1 Å². The summed E-state index contributed by atoms with van der Waals surface area (Å²) in [5.41, 5.74) is 5.13. The van der Waals surface area contributed by atoms with E-state index < -0.39 is 88.3 Å². The van der Waals surface area contributed by atoms with Crippen molar-refractivity contribution in [1.29, 1.82) is 0 Å². The van der Waals surface area contributed by atoms with Crippen LogP contribution in [0.1, 0.15) is 112 Å². The Balaban J connectivity index is 1.38. The number of Topliss-reactive ketones (excluding diaryl/α,β-unsaturated/α-hetero) is 1. The number of likely N-dealkylation sites (N-methyl/N-ethyl adjacent to an activating group) is 1. The summed E-state index contributed by atoms with van der Waals surface area (Å²) in [5, 5.41) is 60.2. The van der Waals surface area contributed by atoms with Gasteiger partial charge in [-0.2, -0.15) is 0 Å². The van der Waals surface area contributed by atoms with Crippen molar-refractivity contribution in [2.24, 2.45) is 34.6 Å². The number of oxime groups is 1. The quantitative estimate of drug-likeness (QED) is 0.0898. The number of carbonyl (C=O) groups is 2. The Labute approximate surface area is 388 Å². The average Bonchev–Trinajstić information content (AvgIpc) is 3.76. The van der Waals surface area contributed by atoms with E-state index in [4.69, 9.17) is 29.5 Å². The Hall–Kier alpha value is -3.95. The Kier molecular flexibility index (Phi) is 18.4. The third kappa shape index (κ3) is 12.8. The number of nitrogens with zero attached hydrogens (tertiary/aromatic N) is 6. The van der Waals surface area contributed by atoms with Crippen LogP contribution in [0.25, 0.3) is 0 Å². The van der Waals surface area contributed by atoms with E-state index in [2.05, 4.69) is 15.5 Å². The molecule has 1 aromatic carbocycles. The number of carbonyl (C=O) groups excluding carboxylic acids is 2. The molecule has 19 nitrogen and oxygen atoms in total. The SMILES string of the molecule is CC[C@H]1OC(=O)[C@H](C)C(=O)[C@H](C)[C@@H](O[C@@H]2O[C@H](C)C[C@H](N(C)CCc3cn(CCc4ccc([N+](=O)[O-])cc4)nn3)[C@H]2O)[C@](C)(OC)C[C@@H](C)/C(=N\O[C@H]2CC[C@@H](N)CC2)[C@H](C)[C@@H](O)[C@]1(C)O. The number of aliphatic hydroxyl groups is 3. The van der Waals surface area contributed by atoms with Gasteiger partial charge in [0.05, 0.1) is 40.2 Å². The maximum atomic E-state index is 14.4. The van der Waals surface area contributed by atoms with Crippen LogP contribution in [0.15, 0.2) is 35.6 Å². The first kappa shape index (κ1) is 53.0. The van der Waals surface area contributed by atoms with E-state index in [1.165, 1.54) is 33.1 Å². The van der Waals surface area contributed by atoms with E-state index in [1.54, 1.807) is 44.5 Å². The minimum absolute atomic E-state index is 0.0386. The molecule has 0 unspecified atom stereocenters. The fourth-order valence-electron chi connectivity index (χ4n) is 9.92. The number of hydrogen-bond acceptors (Lipinski definition) is 17. The molecule has 5 rings (SSSR count). The molecule has 2 aliphatic heterocycles. The summed E-state index contributed by atoms with van der Waals surface area (Å²) in [6.45, 7) is 14.7. The lowest BCUT2D eigenvalue weighted by atomic mass is 9.74. The van der Waals surface area contributed by atoms with Crippen molar-refractivity contribution in [3.8, 4) is 0 Å². The van der Waals surface area contributed by atoms with Crippen molar-refractivity contribution in [2.45, 2.75) is 186 Å². The number of hydrogen-bond donors (Lipinski definition) is 4. The highest BCUT2D eigenvalue weighted by molar-refractivity contribution is 6.00. The molecule has 5 N–H and O–H groups in total. The molecule has 2 saturated heterocycles. The summed E-state index contributed by atoms with van der Waals surface area (Å²) in [4.78, 5) is 47.0. The number of nitrogens with two attached hydrogens (primary N) is 1. The van der Waals surface area contributed by atoms with Crippen molar-refractivity contribution in [3.05, 3.63) is 51.8 Å². The number of rotatable bonds is 14. The molecular formula is C47H75N7O12. The van der Waals surface area contributed by atoms with E-state index in [9.17, 15) is 35.0 Å². The van der Waals surface area contributed by atoms with Crippen molar-refractivity contribution in [3.63, 3.8) is 0 Å². The highest BCUT2D eigenvalue weighted by atomic mass is 16.7. The summed E-state index contributed by atoms with van der Waals surface area (Å²) in [5.74, 6) is -4.90. The monoisotopic (exact) mass is 930 g/mol. The molecule has 66 heavy (non-hydrogen) atoms. The normalized spacial score (nSPS) is 37.1. The minimum atomic E-state index is -1.93. The number of nitro benzene ring substituents is 1. The van der Waals surface area contributed by atoms with Crippen LogP contribution in [0.3, 0.4) is 0 Å². The first-order chi connectivity index (χ1) is 31.1. The van der Waals surface area contributed by atoms with Gasteiger partial charge in [0, 0.05) is 74.8 Å². The lowest BCUT2D eigenvalue weighted by Gasteiger charge is -2.47. The summed E-state index contributed by atoms with van der Waals surface area (Å²) in [7, 11) is 3.42. The van der Waals surface area contributed by atoms with E-state index in [1.807, 2.05) is 32.0 Å². The van der Waals surface area contributed by atoms with E-state index in [0.717, 1.165) is 24.1 Å². The molecule has 3 heterocycles. The molecule has 370 valence electrons. The van der Waals surface area contributed by atoms with Crippen LogP contribution in [0.5, 0.6) is 0 Å². The van der Waals surface area contributed by atoms with Gasteiger partial charge < -0.3 is 49.7 Å². The van der Waals surface area contributed by atoms with Crippen LogP contribution in [-0.4, -0.2) is 145 Å². The number of ketones is 1. The van der Waals surface area contributed by atoms with Crippen LogP contribution in [0, 0.1) is 33.8 Å². The van der Waals surface area contributed by atoms with Gasteiger partial charge in [-0.1, -0.05) is 50.2 Å². The second kappa shape index (κ2) is 22.9. The molecule has 1 saturated carbocycles. The lowest BCUT2D eigenvalue weighted by molar-refractivity contribution is -0.384. The van der Waals surface area contributed by atoms with Gasteiger partial charge in [0.25, 0.3) is 5.69 Å². The van der Waals surface area contributed by atoms with E-state index >= 15 is 0 Å². The first-order valence-corrected chi connectivity index (χ1v) is 23.6. The molecule has 0 radical (unpaired) electrons. The number of cyclic esters (lactones) is 1. The third-order valence-electron chi connectivity index (χ3n) is 14.4. The number of nitro groups is 1. The van der Waals surface area contributed by atoms with E-state index in [0.29, 0.717) is 50.9 Å². The number of benzene rings is 1. The van der Waals surface area contributed by atoms with Crippen molar-refractivity contribution in [1.82, 2.24) is 19.9 Å². The zero-order valence-corrected chi connectivity index (χ0v) is 40.4. The van der Waals surface area contributed by atoms with Gasteiger partial charge in [-0.3, -0.25) is 24.4 Å². The van der Waals surface area contributed by atoms with Crippen LogP contribution >= 0.6 is 0 Å². The second-order valence-corrected chi connectivity index (χ2v) is 19.5. The molecule has 0 amide bonds. The molecule has 13 atom stereocenters. The predicted octanol–water partition coefficient (Wildman–Crippen LogP) is 4.15. The lowest BCUT2D eigenvalue weighted by Crippen LogP contribution is -2.60. The Bertz CT molecular complexity index is 1940. The van der Waals surface area contributed by atoms with Crippen molar-refractivity contribution in [2.75, 3.05) is 20.7 Å². The summed E-state index contributed by atoms with van der Waals surface area (Å²) in [6, 6.07) is 6.10. The predicted molar refractivity (Wildman–Crippen MR) is 244 cm³/mol. The van der Waals surface area contributed by atoms with Crippen LogP contribution < -0.4 is 5.73 Å². The molecule has 0 bridgehead atoms. The molecule has 19 heteroatoms. The Morgan fingerprint density at radius 3 is 2.33 bits per heavy atom. The first-order valence-electron chi connectivity index (χ1n) is 23.6. The van der Waals surface area contributed by atoms with Gasteiger partial charge >= 0.3 is 5.97 Å². The third-order valence-corrected chi connectivity index (χ3v) is 14.4. The largest absolute Gasteiger partial charge is 0.459 e. The number of methoxy groups -OCH3 is 1. The van der Waals surface area contributed by atoms with E-state index in [-0.39, 0.29) is 36.8 Å². The maximum absolute atomic E-state index is 14.4. The highest BCUT2D eigenvalue weighted by Gasteiger charge is 2.52. The zero-order valence-electron chi connectivity index (χ0n) is 40.4. The Morgan fingerprint density at radius 1 is 1.05 bits per heavy atom. The number of aromatic nitrogens is 3. The van der Waals surface area contributed by atoms with Crippen molar-refractivity contribution < 1.29 is 53.6 Å². The zero-order chi connectivity index (χ0) is 48.7. The summed E-state index contributed by atoms with van der Waals surface area (Å²) < 4.78 is 27.0. The van der Waals surface area contributed by atoms with Gasteiger partial charge in [-0.05, 0) is 91.7 Å². The topological polar surface area (TPSA) is 256 Å². The van der Waals surface area contributed by atoms with Crippen LogP contribution in [-0.2, 0) is 52.8 Å². The highest BCUT2D eigenvalue weighted by Crippen LogP contribution is 2.39. The number of ether oxygens (including phenoxy) is 4. The van der Waals surface area contributed by atoms with Crippen molar-refractivity contribution >= 4 is 23.2 Å². The van der Waals surface area contributed by atoms with Gasteiger partial charge in [0.1, 0.15) is 29.8 Å². The molecule has 1 aromatic heterocycles. The molecule has 1 aliphatic carbocycles. The fraction of sp³-hybridized carbons (Fsp3) is 0.766. The van der Waals surface area contributed by atoms with Crippen LogP contribution in [0.2, 0.25) is 0 Å². The molecule has 3 aliphatic rings.